The van der Waals surface area contributed by atoms with Gasteiger partial charge in [0.2, 0.25) is 5.91 Å². The average Bonchev–Trinajstić information content (AvgIpc) is 3.24. The predicted octanol–water partition coefficient (Wildman–Crippen LogP) is 5.44. The molecule has 8 nitrogen and oxygen atoms in total. The van der Waals surface area contributed by atoms with E-state index in [1.165, 1.54) is 18.9 Å². The van der Waals surface area contributed by atoms with E-state index < -0.39 is 0 Å². The second-order valence-electron chi connectivity index (χ2n) is 7.95. The SMILES string of the molecule is COc1ccc(NC(=O)CSc2nnc(-c3ccc(NC(=O)c4ccc(C)cc4)cc3)n2C)cc1Cl. The molecule has 184 valence electrons. The minimum atomic E-state index is -0.195. The number of halogens is 1. The Morgan fingerprint density at radius 3 is 2.33 bits per heavy atom. The number of ether oxygens (including phenoxy) is 1. The van der Waals surface area contributed by atoms with E-state index in [1.54, 1.807) is 30.3 Å². The molecule has 2 amide bonds. The lowest BCUT2D eigenvalue weighted by Gasteiger charge is -2.08. The third kappa shape index (κ3) is 6.05. The van der Waals surface area contributed by atoms with Crippen molar-refractivity contribution in [3.8, 4) is 17.1 Å². The summed E-state index contributed by atoms with van der Waals surface area (Å²) in [5.41, 5.74) is 3.79. The quantitative estimate of drug-likeness (QED) is 0.300. The van der Waals surface area contributed by atoms with E-state index in [0.29, 0.717) is 38.7 Å². The van der Waals surface area contributed by atoms with Crippen molar-refractivity contribution in [2.24, 2.45) is 7.05 Å². The van der Waals surface area contributed by atoms with Crippen LogP contribution in [0, 0.1) is 6.92 Å². The van der Waals surface area contributed by atoms with Crippen molar-refractivity contribution in [3.63, 3.8) is 0 Å². The summed E-state index contributed by atoms with van der Waals surface area (Å²) in [7, 11) is 3.37. The molecule has 0 fully saturated rings. The number of benzene rings is 3. The first-order valence-corrected chi connectivity index (χ1v) is 12.3. The highest BCUT2D eigenvalue weighted by Gasteiger charge is 2.14. The zero-order valence-electron chi connectivity index (χ0n) is 19.9. The molecule has 4 rings (SSSR count). The van der Waals surface area contributed by atoms with Crippen molar-refractivity contribution < 1.29 is 14.3 Å². The van der Waals surface area contributed by atoms with Crippen molar-refractivity contribution in [3.05, 3.63) is 82.9 Å². The number of carbonyl (C=O) groups is 2. The van der Waals surface area contributed by atoms with Crippen LogP contribution in [0.15, 0.2) is 71.9 Å². The average molecular weight is 522 g/mol. The van der Waals surface area contributed by atoms with Crippen molar-refractivity contribution in [2.45, 2.75) is 12.1 Å². The molecule has 0 saturated carbocycles. The molecule has 1 aromatic heterocycles. The second kappa shape index (κ2) is 11.3. The first-order chi connectivity index (χ1) is 17.3. The van der Waals surface area contributed by atoms with Gasteiger partial charge in [0.15, 0.2) is 11.0 Å². The lowest BCUT2D eigenvalue weighted by Crippen LogP contribution is -2.14. The van der Waals surface area contributed by atoms with Gasteiger partial charge >= 0.3 is 0 Å². The Kier molecular flexibility index (Phi) is 7.92. The van der Waals surface area contributed by atoms with Crippen LogP contribution in [0.1, 0.15) is 15.9 Å². The van der Waals surface area contributed by atoms with Crippen molar-refractivity contribution >= 4 is 46.6 Å². The van der Waals surface area contributed by atoms with E-state index >= 15 is 0 Å². The molecule has 4 aromatic rings. The van der Waals surface area contributed by atoms with E-state index in [2.05, 4.69) is 20.8 Å². The summed E-state index contributed by atoms with van der Waals surface area (Å²) in [6.07, 6.45) is 0. The number of rotatable bonds is 8. The Morgan fingerprint density at radius 2 is 1.67 bits per heavy atom. The highest BCUT2D eigenvalue weighted by atomic mass is 35.5. The zero-order chi connectivity index (χ0) is 25.7. The Morgan fingerprint density at radius 1 is 0.972 bits per heavy atom. The third-order valence-corrected chi connectivity index (χ3v) is 6.63. The van der Waals surface area contributed by atoms with Crippen molar-refractivity contribution in [2.75, 3.05) is 23.5 Å². The number of amides is 2. The maximum atomic E-state index is 12.4. The van der Waals surface area contributed by atoms with Crippen molar-refractivity contribution in [1.29, 1.82) is 0 Å². The highest BCUT2D eigenvalue weighted by Crippen LogP contribution is 2.28. The number of aromatic nitrogens is 3. The van der Waals surface area contributed by atoms with Gasteiger partial charge in [-0.2, -0.15) is 0 Å². The molecule has 36 heavy (non-hydrogen) atoms. The lowest BCUT2D eigenvalue weighted by atomic mass is 10.1. The van der Waals surface area contributed by atoms with Crippen LogP contribution < -0.4 is 15.4 Å². The van der Waals surface area contributed by atoms with Crippen molar-refractivity contribution in [1.82, 2.24) is 14.8 Å². The van der Waals surface area contributed by atoms with Gasteiger partial charge in [-0.1, -0.05) is 41.1 Å². The molecular weight excluding hydrogens is 498 g/mol. The molecular formula is C26H24ClN5O3S. The summed E-state index contributed by atoms with van der Waals surface area (Å²) in [4.78, 5) is 24.8. The molecule has 0 spiro atoms. The topological polar surface area (TPSA) is 98.1 Å². The molecule has 10 heteroatoms. The number of anilines is 2. The van der Waals surface area contributed by atoms with E-state index in [1.807, 2.05) is 54.9 Å². The maximum absolute atomic E-state index is 12.4. The van der Waals surface area contributed by atoms with E-state index in [-0.39, 0.29) is 17.6 Å². The number of nitrogens with one attached hydrogen (secondary N) is 2. The summed E-state index contributed by atoms with van der Waals surface area (Å²) in [5.74, 6) is 0.975. The van der Waals surface area contributed by atoms with Gasteiger partial charge in [0, 0.05) is 29.5 Å². The van der Waals surface area contributed by atoms with Crippen LogP contribution in [0.4, 0.5) is 11.4 Å². The molecule has 0 aliphatic rings. The maximum Gasteiger partial charge on any atom is 0.255 e. The standard InChI is InChI=1S/C26H24ClN5O3S/c1-16-4-6-18(7-5-16)25(34)29-19-10-8-17(9-11-19)24-30-31-26(32(24)2)36-15-23(33)28-20-12-13-22(35-3)21(27)14-20/h4-14H,15H2,1-3H3,(H,28,33)(H,29,34). The fourth-order valence-corrected chi connectivity index (χ4v) is 4.34. The first kappa shape index (κ1) is 25.3. The smallest absolute Gasteiger partial charge is 0.255 e. The largest absolute Gasteiger partial charge is 0.495 e. The van der Waals surface area contributed by atoms with Crippen LogP contribution in [0.25, 0.3) is 11.4 Å². The molecule has 0 saturated heterocycles. The molecule has 0 atom stereocenters. The minimum Gasteiger partial charge on any atom is -0.495 e. The molecule has 0 bridgehead atoms. The second-order valence-corrected chi connectivity index (χ2v) is 9.30. The van der Waals surface area contributed by atoms with Gasteiger partial charge in [-0.3, -0.25) is 9.59 Å². The molecule has 3 aromatic carbocycles. The van der Waals surface area contributed by atoms with Crippen LogP contribution in [0.3, 0.4) is 0 Å². The summed E-state index contributed by atoms with van der Waals surface area (Å²) < 4.78 is 6.94. The number of nitrogens with zero attached hydrogens (tertiary/aromatic N) is 3. The van der Waals surface area contributed by atoms with Crippen LogP contribution in [0.2, 0.25) is 5.02 Å². The Hall–Kier alpha value is -3.82. The number of methoxy groups -OCH3 is 1. The van der Waals surface area contributed by atoms with Gasteiger partial charge in [0.1, 0.15) is 5.75 Å². The predicted molar refractivity (Wildman–Crippen MR) is 143 cm³/mol. The molecule has 0 unspecified atom stereocenters. The van der Waals surface area contributed by atoms with Crippen LogP contribution >= 0.6 is 23.4 Å². The van der Waals surface area contributed by atoms with E-state index in [9.17, 15) is 9.59 Å². The monoisotopic (exact) mass is 521 g/mol. The summed E-state index contributed by atoms with van der Waals surface area (Å²) in [6, 6.07) is 19.8. The fraction of sp³-hybridized carbons (Fsp3) is 0.154. The molecule has 0 radical (unpaired) electrons. The first-order valence-electron chi connectivity index (χ1n) is 11.0. The minimum absolute atomic E-state index is 0.152. The number of hydrogen-bond acceptors (Lipinski definition) is 6. The normalized spacial score (nSPS) is 10.7. The van der Waals surface area contributed by atoms with E-state index in [4.69, 9.17) is 16.3 Å². The Labute approximate surface area is 218 Å². The Balaban J connectivity index is 1.35. The molecule has 2 N–H and O–H groups in total. The van der Waals surface area contributed by atoms with E-state index in [0.717, 1.165) is 11.1 Å². The number of hydrogen-bond donors (Lipinski definition) is 2. The van der Waals surface area contributed by atoms with Gasteiger partial charge in [-0.05, 0) is 61.5 Å². The molecule has 0 aliphatic carbocycles. The lowest BCUT2D eigenvalue weighted by molar-refractivity contribution is -0.113. The summed E-state index contributed by atoms with van der Waals surface area (Å²) >= 11 is 7.39. The fourth-order valence-electron chi connectivity index (χ4n) is 3.37. The highest BCUT2D eigenvalue weighted by molar-refractivity contribution is 7.99. The van der Waals surface area contributed by atoms with Gasteiger partial charge in [0.25, 0.3) is 5.91 Å². The molecule has 0 aliphatic heterocycles. The van der Waals surface area contributed by atoms with Crippen LogP contribution in [0.5, 0.6) is 5.75 Å². The Bertz CT molecular complexity index is 1390. The third-order valence-electron chi connectivity index (χ3n) is 5.32. The van der Waals surface area contributed by atoms with Gasteiger partial charge < -0.3 is 19.9 Å². The molecule has 1 heterocycles. The number of thioether (sulfide) groups is 1. The van der Waals surface area contributed by atoms with Gasteiger partial charge in [0.05, 0.1) is 17.9 Å². The van der Waals surface area contributed by atoms with Gasteiger partial charge in [-0.25, -0.2) is 0 Å². The zero-order valence-corrected chi connectivity index (χ0v) is 21.5. The number of aryl methyl sites for hydroxylation is 1. The van der Waals surface area contributed by atoms with Crippen LogP contribution in [-0.2, 0) is 11.8 Å². The van der Waals surface area contributed by atoms with Gasteiger partial charge in [-0.15, -0.1) is 10.2 Å². The summed E-state index contributed by atoms with van der Waals surface area (Å²) in [6.45, 7) is 1.98. The number of carbonyl (C=O) groups excluding carboxylic acids is 2. The summed E-state index contributed by atoms with van der Waals surface area (Å²) in [5, 5.41) is 15.2. The van der Waals surface area contributed by atoms with Crippen LogP contribution in [-0.4, -0.2) is 39.4 Å².